The highest BCUT2D eigenvalue weighted by Crippen LogP contribution is 2.15. The van der Waals surface area contributed by atoms with Crippen molar-refractivity contribution in [2.75, 3.05) is 0 Å². The van der Waals surface area contributed by atoms with Crippen molar-refractivity contribution in [3.63, 3.8) is 0 Å². The number of rotatable bonds is 3. The van der Waals surface area contributed by atoms with Crippen LogP contribution >= 0.6 is 0 Å². The number of hydrogen-bond donors (Lipinski definition) is 4. The van der Waals surface area contributed by atoms with Gasteiger partial charge in [-0.2, -0.15) is 0 Å². The van der Waals surface area contributed by atoms with E-state index in [2.05, 4.69) is 19.9 Å². The van der Waals surface area contributed by atoms with Crippen molar-refractivity contribution in [2.45, 2.75) is 0 Å². The number of hydrogen-bond acceptors (Lipinski definition) is 4. The molecule has 0 aliphatic rings. The summed E-state index contributed by atoms with van der Waals surface area (Å²) in [4.78, 5) is 45.6. The number of fused-ring (bicyclic) bond motifs is 1. The Morgan fingerprint density at radius 3 is 2.65 bits per heavy atom. The maximum atomic E-state index is 12.2. The molecule has 3 rings (SSSR count). The van der Waals surface area contributed by atoms with Gasteiger partial charge in [-0.1, -0.05) is 0 Å². The molecule has 0 spiro atoms. The van der Waals surface area contributed by atoms with Gasteiger partial charge in [-0.15, -0.1) is 0 Å². The van der Waals surface area contributed by atoms with Crippen LogP contribution in [0, 0.1) is 0 Å². The summed E-state index contributed by atoms with van der Waals surface area (Å²) >= 11 is 0. The van der Waals surface area contributed by atoms with Crippen molar-refractivity contribution < 1.29 is 14.7 Å². The van der Waals surface area contributed by atoms with E-state index in [0.29, 0.717) is 11.0 Å². The molecule has 0 atom stereocenters. The number of benzene rings is 1. The Bertz CT molecular complexity index is 886. The van der Waals surface area contributed by atoms with Crippen LogP contribution in [0.5, 0.6) is 0 Å². The van der Waals surface area contributed by atoms with E-state index >= 15 is 0 Å². The van der Waals surface area contributed by atoms with E-state index in [9.17, 15) is 14.4 Å². The number of aromatic amines is 3. The lowest BCUT2D eigenvalue weighted by Crippen LogP contribution is -2.09. The predicted octanol–water partition coefficient (Wildman–Crippen LogP) is 0.508. The first-order valence-electron chi connectivity index (χ1n) is 5.59. The van der Waals surface area contributed by atoms with Gasteiger partial charge < -0.3 is 20.1 Å². The van der Waals surface area contributed by atoms with E-state index in [4.69, 9.17) is 5.11 Å². The zero-order valence-corrected chi connectivity index (χ0v) is 9.93. The smallest absolute Gasteiger partial charge is 0.354 e. The summed E-state index contributed by atoms with van der Waals surface area (Å²) in [7, 11) is 0. The summed E-state index contributed by atoms with van der Waals surface area (Å²) in [6.45, 7) is 0. The average Bonchev–Trinajstić information content (AvgIpc) is 3.01. The third-order valence-corrected chi connectivity index (χ3v) is 2.85. The van der Waals surface area contributed by atoms with Crippen LogP contribution in [0.4, 0.5) is 0 Å². The minimum absolute atomic E-state index is 0.172. The molecule has 8 heteroatoms. The summed E-state index contributed by atoms with van der Waals surface area (Å²) in [5.41, 5.74) is 0.450. The van der Waals surface area contributed by atoms with Gasteiger partial charge in [0.15, 0.2) is 5.69 Å². The Hall–Kier alpha value is -3.16. The van der Waals surface area contributed by atoms with Gasteiger partial charge in [-0.25, -0.2) is 14.6 Å². The highest BCUT2D eigenvalue weighted by atomic mass is 16.4. The number of carbonyl (C=O) groups is 2. The third-order valence-electron chi connectivity index (χ3n) is 2.85. The van der Waals surface area contributed by atoms with E-state index < -0.39 is 11.8 Å². The molecule has 0 aliphatic carbocycles. The molecule has 0 unspecified atom stereocenters. The standard InChI is InChI=1S/C12H8N4O4/c17-10(8-9(11(18)19)14-4-13-8)5-1-2-6-7(3-5)16-12(20)15-6/h1-4H,(H,13,14)(H,18,19)(H2,15,16,20). The molecule has 0 saturated carbocycles. The maximum absolute atomic E-state index is 12.2. The second kappa shape index (κ2) is 4.19. The normalized spacial score (nSPS) is 10.8. The molecule has 0 radical (unpaired) electrons. The van der Waals surface area contributed by atoms with Crippen LogP contribution in [0.15, 0.2) is 29.3 Å². The van der Waals surface area contributed by atoms with Gasteiger partial charge in [0.25, 0.3) is 0 Å². The van der Waals surface area contributed by atoms with Gasteiger partial charge in [0.2, 0.25) is 5.78 Å². The topological polar surface area (TPSA) is 132 Å². The summed E-state index contributed by atoms with van der Waals surface area (Å²) in [6, 6.07) is 4.53. The molecule has 20 heavy (non-hydrogen) atoms. The highest BCUT2D eigenvalue weighted by molar-refractivity contribution is 6.13. The minimum atomic E-state index is -1.26. The molecule has 3 aromatic rings. The number of carbonyl (C=O) groups excluding carboxylic acids is 1. The van der Waals surface area contributed by atoms with Crippen molar-refractivity contribution in [1.82, 2.24) is 19.9 Å². The van der Waals surface area contributed by atoms with Crippen LogP contribution in [0.25, 0.3) is 11.0 Å². The number of carboxylic acids is 1. The molecule has 2 heterocycles. The van der Waals surface area contributed by atoms with Crippen LogP contribution in [-0.2, 0) is 0 Å². The van der Waals surface area contributed by atoms with Gasteiger partial charge in [0, 0.05) is 5.56 Å². The number of nitrogens with one attached hydrogen (secondary N) is 3. The second-order valence-corrected chi connectivity index (χ2v) is 4.10. The molecular weight excluding hydrogens is 264 g/mol. The molecule has 0 amide bonds. The van der Waals surface area contributed by atoms with Gasteiger partial charge in [0.05, 0.1) is 17.4 Å². The van der Waals surface area contributed by atoms with Crippen molar-refractivity contribution in [2.24, 2.45) is 0 Å². The first-order valence-corrected chi connectivity index (χ1v) is 5.59. The van der Waals surface area contributed by atoms with E-state index in [0.717, 1.165) is 6.33 Å². The number of ketones is 1. The summed E-state index contributed by atoms with van der Waals surface area (Å²) in [6.07, 6.45) is 1.15. The first-order chi connectivity index (χ1) is 9.56. The van der Waals surface area contributed by atoms with Gasteiger partial charge in [0.1, 0.15) is 5.69 Å². The SMILES string of the molecule is O=C(c1ccc2[nH]c(=O)[nH]c2c1)c1nc[nH]c1C(=O)O. The molecule has 2 aromatic heterocycles. The van der Waals surface area contributed by atoms with Crippen molar-refractivity contribution in [3.05, 3.63) is 52.0 Å². The van der Waals surface area contributed by atoms with Crippen LogP contribution < -0.4 is 5.69 Å². The number of carboxylic acid groups (broad SMARTS) is 1. The largest absolute Gasteiger partial charge is 0.477 e. The quantitative estimate of drug-likeness (QED) is 0.516. The monoisotopic (exact) mass is 272 g/mol. The molecule has 0 saturated heterocycles. The zero-order chi connectivity index (χ0) is 14.3. The molecule has 0 aliphatic heterocycles. The van der Waals surface area contributed by atoms with Crippen molar-refractivity contribution in [1.29, 1.82) is 0 Å². The summed E-state index contributed by atoms with van der Waals surface area (Å²) in [5.74, 6) is -1.80. The second-order valence-electron chi connectivity index (χ2n) is 4.10. The lowest BCUT2D eigenvalue weighted by molar-refractivity contribution is 0.0687. The minimum Gasteiger partial charge on any atom is -0.477 e. The van der Waals surface area contributed by atoms with E-state index in [1.807, 2.05) is 0 Å². The molecular formula is C12H8N4O4. The Labute approximate surface area is 110 Å². The first kappa shape index (κ1) is 11.9. The van der Waals surface area contributed by atoms with Crippen molar-refractivity contribution >= 4 is 22.8 Å². The molecule has 0 fully saturated rings. The molecule has 100 valence electrons. The molecule has 1 aromatic carbocycles. The third kappa shape index (κ3) is 1.79. The van der Waals surface area contributed by atoms with Crippen LogP contribution in [-0.4, -0.2) is 36.8 Å². The Kier molecular flexibility index (Phi) is 2.50. The lowest BCUT2D eigenvalue weighted by atomic mass is 10.1. The summed E-state index contributed by atoms with van der Waals surface area (Å²) < 4.78 is 0. The van der Waals surface area contributed by atoms with Crippen LogP contribution in [0.2, 0.25) is 0 Å². The van der Waals surface area contributed by atoms with Crippen molar-refractivity contribution in [3.8, 4) is 0 Å². The maximum Gasteiger partial charge on any atom is 0.354 e. The molecule has 8 nitrogen and oxygen atoms in total. The highest BCUT2D eigenvalue weighted by Gasteiger charge is 2.21. The summed E-state index contributed by atoms with van der Waals surface area (Å²) in [5, 5.41) is 8.95. The van der Waals surface area contributed by atoms with Crippen LogP contribution in [0.1, 0.15) is 26.5 Å². The fraction of sp³-hybridized carbons (Fsp3) is 0. The number of imidazole rings is 2. The van der Waals surface area contributed by atoms with E-state index in [1.54, 1.807) is 6.07 Å². The zero-order valence-electron chi connectivity index (χ0n) is 9.93. The lowest BCUT2D eigenvalue weighted by Gasteiger charge is -1.99. The Balaban J connectivity index is 2.10. The number of H-pyrrole nitrogens is 3. The van der Waals surface area contributed by atoms with Gasteiger partial charge >= 0.3 is 11.7 Å². The fourth-order valence-electron chi connectivity index (χ4n) is 1.94. The van der Waals surface area contributed by atoms with E-state index in [-0.39, 0.29) is 22.6 Å². The number of nitrogens with zero attached hydrogens (tertiary/aromatic N) is 1. The van der Waals surface area contributed by atoms with Crippen LogP contribution in [0.3, 0.4) is 0 Å². The molecule has 0 bridgehead atoms. The van der Waals surface area contributed by atoms with Gasteiger partial charge in [-0.3, -0.25) is 4.79 Å². The average molecular weight is 272 g/mol. The predicted molar refractivity (Wildman–Crippen MR) is 67.9 cm³/mol. The number of aromatic nitrogens is 4. The number of aromatic carboxylic acids is 1. The molecule has 4 N–H and O–H groups in total. The van der Waals surface area contributed by atoms with E-state index in [1.165, 1.54) is 12.1 Å². The van der Waals surface area contributed by atoms with Gasteiger partial charge in [-0.05, 0) is 18.2 Å². The Morgan fingerprint density at radius 2 is 1.90 bits per heavy atom. The Morgan fingerprint density at radius 1 is 1.15 bits per heavy atom. The fourth-order valence-corrected chi connectivity index (χ4v) is 1.94.